The van der Waals surface area contributed by atoms with Crippen LogP contribution in [0.5, 0.6) is 0 Å². The smallest absolute Gasteiger partial charge is 0.191 e. The second-order valence-electron chi connectivity index (χ2n) is 7.68. The average molecular weight is 433 g/mol. The number of rotatable bonds is 3. The van der Waals surface area contributed by atoms with E-state index in [1.54, 1.807) is 0 Å². The van der Waals surface area contributed by atoms with Crippen LogP contribution in [0.3, 0.4) is 0 Å². The van der Waals surface area contributed by atoms with E-state index in [0.29, 0.717) is 10.7 Å². The van der Waals surface area contributed by atoms with Crippen molar-refractivity contribution < 1.29 is 4.42 Å². The second-order valence-corrected chi connectivity index (χ2v) is 8.04. The quantitative estimate of drug-likeness (QED) is 0.266. The molecule has 0 radical (unpaired) electrons. The molecule has 0 N–H and O–H groups in total. The maximum atomic E-state index is 6.18. The molecule has 0 aliphatic heterocycles. The van der Waals surface area contributed by atoms with Gasteiger partial charge in [0.2, 0.25) is 0 Å². The van der Waals surface area contributed by atoms with Gasteiger partial charge in [0.1, 0.15) is 17.4 Å². The van der Waals surface area contributed by atoms with E-state index in [2.05, 4.69) is 94.9 Å². The first kappa shape index (κ1) is 18.8. The number of fused-ring (bicyclic) bond motifs is 3. The lowest BCUT2D eigenvalue weighted by Crippen LogP contribution is -1.83. The van der Waals surface area contributed by atoms with Crippen LogP contribution in [0.4, 0.5) is 0 Å². The summed E-state index contributed by atoms with van der Waals surface area (Å²) in [5.74, 6) is 0. The van der Waals surface area contributed by atoms with Crippen LogP contribution in [0, 0.1) is 0 Å². The molecule has 2 aromatic heterocycles. The largest absolute Gasteiger partial charge is 0.451 e. The summed E-state index contributed by atoms with van der Waals surface area (Å²) in [5.41, 5.74) is 9.01. The Balaban J connectivity index is 1.39. The fourth-order valence-electron chi connectivity index (χ4n) is 4.09. The molecule has 4 aromatic carbocycles. The van der Waals surface area contributed by atoms with Crippen molar-refractivity contribution in [3.05, 3.63) is 109 Å². The first-order chi connectivity index (χ1) is 15.8. The maximum Gasteiger partial charge on any atom is 0.191 e. The van der Waals surface area contributed by atoms with Gasteiger partial charge in [-0.2, -0.15) is 0 Å². The summed E-state index contributed by atoms with van der Waals surface area (Å²) < 4.78 is 5.86. The molecule has 152 valence electrons. The lowest BCUT2D eigenvalue weighted by Gasteiger charge is -2.08. The van der Waals surface area contributed by atoms with E-state index in [-0.39, 0.29) is 0 Å². The van der Waals surface area contributed by atoms with Crippen molar-refractivity contribution in [2.45, 2.75) is 0 Å². The zero-order valence-corrected chi connectivity index (χ0v) is 17.8. The molecule has 0 saturated heterocycles. The Morgan fingerprint density at radius 2 is 1.16 bits per heavy atom. The average Bonchev–Trinajstić information content (AvgIpc) is 3.24. The van der Waals surface area contributed by atoms with Crippen LogP contribution in [0.1, 0.15) is 0 Å². The molecule has 0 aliphatic carbocycles. The Hall–Kier alpha value is -3.95. The Kier molecular flexibility index (Phi) is 4.48. The lowest BCUT2D eigenvalue weighted by atomic mass is 9.97. The van der Waals surface area contributed by atoms with E-state index < -0.39 is 0 Å². The van der Waals surface area contributed by atoms with Gasteiger partial charge in [0.15, 0.2) is 10.7 Å². The van der Waals surface area contributed by atoms with Gasteiger partial charge >= 0.3 is 0 Å². The molecule has 0 aliphatic rings. The van der Waals surface area contributed by atoms with Gasteiger partial charge in [0, 0.05) is 5.39 Å². The van der Waals surface area contributed by atoms with Crippen molar-refractivity contribution >= 4 is 33.7 Å². The molecule has 0 saturated carbocycles. The SMILES string of the molecule is Clc1ncnc2c1oc1ccc(-c3cccc(-c4ccc(-c5ccccc5)cc4)c3)cc12. The van der Waals surface area contributed by atoms with E-state index in [9.17, 15) is 0 Å². The van der Waals surface area contributed by atoms with Crippen LogP contribution < -0.4 is 0 Å². The summed E-state index contributed by atoms with van der Waals surface area (Å²) >= 11 is 6.18. The van der Waals surface area contributed by atoms with E-state index >= 15 is 0 Å². The molecule has 0 spiro atoms. The fraction of sp³-hybridized carbons (Fsp3) is 0. The Bertz CT molecular complexity index is 1570. The summed E-state index contributed by atoms with van der Waals surface area (Å²) in [6.45, 7) is 0. The van der Waals surface area contributed by atoms with Crippen LogP contribution in [0.25, 0.3) is 55.4 Å². The Morgan fingerprint density at radius 1 is 0.562 bits per heavy atom. The van der Waals surface area contributed by atoms with E-state index in [1.165, 1.54) is 28.6 Å². The monoisotopic (exact) mass is 432 g/mol. The molecule has 6 rings (SSSR count). The number of hydrogen-bond donors (Lipinski definition) is 0. The highest BCUT2D eigenvalue weighted by Gasteiger charge is 2.13. The second kappa shape index (κ2) is 7.63. The standard InChI is InChI=1S/C28H17ClN2O/c29-28-27-26(30-17-31-28)24-16-23(13-14-25(24)32-27)22-8-4-7-21(15-22)20-11-9-19(10-12-20)18-5-2-1-3-6-18/h1-17H. The minimum Gasteiger partial charge on any atom is -0.451 e. The van der Waals surface area contributed by atoms with Crippen LogP contribution in [-0.4, -0.2) is 9.97 Å². The van der Waals surface area contributed by atoms with E-state index in [0.717, 1.165) is 27.6 Å². The number of nitrogens with zero attached hydrogens (tertiary/aromatic N) is 2. The third-order valence-electron chi connectivity index (χ3n) is 5.73. The highest BCUT2D eigenvalue weighted by atomic mass is 35.5. The predicted octanol–water partition coefficient (Wildman–Crippen LogP) is 8.03. The molecule has 4 heteroatoms. The van der Waals surface area contributed by atoms with Crippen molar-refractivity contribution in [2.24, 2.45) is 0 Å². The first-order valence-electron chi connectivity index (χ1n) is 10.4. The zero-order valence-electron chi connectivity index (χ0n) is 17.0. The number of hydrogen-bond acceptors (Lipinski definition) is 3. The summed E-state index contributed by atoms with van der Waals surface area (Å²) in [6.07, 6.45) is 1.46. The molecule has 0 amide bonds. The molecular formula is C28H17ClN2O. The summed E-state index contributed by atoms with van der Waals surface area (Å²) in [7, 11) is 0. The molecule has 2 heterocycles. The molecule has 3 nitrogen and oxygen atoms in total. The van der Waals surface area contributed by atoms with Crippen LogP contribution in [0.2, 0.25) is 5.15 Å². The molecule has 6 aromatic rings. The van der Waals surface area contributed by atoms with Crippen molar-refractivity contribution in [1.29, 1.82) is 0 Å². The van der Waals surface area contributed by atoms with Gasteiger partial charge < -0.3 is 4.42 Å². The number of furan rings is 1. The van der Waals surface area contributed by atoms with Gasteiger partial charge in [-0.25, -0.2) is 9.97 Å². The number of aromatic nitrogens is 2. The van der Waals surface area contributed by atoms with Gasteiger partial charge in [0.25, 0.3) is 0 Å². The highest BCUT2D eigenvalue weighted by molar-refractivity contribution is 6.34. The van der Waals surface area contributed by atoms with E-state index in [1.807, 2.05) is 12.1 Å². The summed E-state index contributed by atoms with van der Waals surface area (Å²) in [5, 5.41) is 1.26. The van der Waals surface area contributed by atoms with Gasteiger partial charge in [-0.3, -0.25) is 0 Å². The van der Waals surface area contributed by atoms with Crippen molar-refractivity contribution in [3.63, 3.8) is 0 Å². The normalized spacial score (nSPS) is 11.3. The van der Waals surface area contributed by atoms with Gasteiger partial charge in [-0.05, 0) is 51.6 Å². The fourth-order valence-corrected chi connectivity index (χ4v) is 4.26. The van der Waals surface area contributed by atoms with Gasteiger partial charge in [0.05, 0.1) is 0 Å². The van der Waals surface area contributed by atoms with E-state index in [4.69, 9.17) is 16.0 Å². The van der Waals surface area contributed by atoms with Crippen molar-refractivity contribution in [2.75, 3.05) is 0 Å². The molecule has 0 bridgehead atoms. The van der Waals surface area contributed by atoms with Gasteiger partial charge in [-0.15, -0.1) is 0 Å². The first-order valence-corrected chi connectivity index (χ1v) is 10.7. The lowest BCUT2D eigenvalue weighted by molar-refractivity contribution is 0.666. The zero-order chi connectivity index (χ0) is 21.5. The van der Waals surface area contributed by atoms with Crippen LogP contribution in [-0.2, 0) is 0 Å². The predicted molar refractivity (Wildman–Crippen MR) is 131 cm³/mol. The van der Waals surface area contributed by atoms with Crippen molar-refractivity contribution in [1.82, 2.24) is 9.97 Å². The Morgan fingerprint density at radius 3 is 1.94 bits per heavy atom. The minimum atomic E-state index is 0.327. The topological polar surface area (TPSA) is 38.9 Å². The van der Waals surface area contributed by atoms with Crippen molar-refractivity contribution in [3.8, 4) is 33.4 Å². The van der Waals surface area contributed by atoms with Crippen LogP contribution in [0.15, 0.2) is 108 Å². The van der Waals surface area contributed by atoms with Crippen LogP contribution >= 0.6 is 11.6 Å². The molecular weight excluding hydrogens is 416 g/mol. The molecule has 0 fully saturated rings. The third kappa shape index (κ3) is 3.24. The summed E-state index contributed by atoms with van der Waals surface area (Å²) in [4.78, 5) is 8.39. The molecule has 0 atom stereocenters. The number of benzene rings is 4. The van der Waals surface area contributed by atoms with Gasteiger partial charge in [-0.1, -0.05) is 90.5 Å². The molecule has 32 heavy (non-hydrogen) atoms. The molecule has 0 unspecified atom stereocenters. The minimum absolute atomic E-state index is 0.327. The third-order valence-corrected chi connectivity index (χ3v) is 6.00. The highest BCUT2D eigenvalue weighted by Crippen LogP contribution is 2.34. The maximum absolute atomic E-state index is 6.18. The Labute approximate surface area is 190 Å². The number of halogens is 1. The summed E-state index contributed by atoms with van der Waals surface area (Å²) in [6, 6.07) is 33.8.